The second kappa shape index (κ2) is 5.10. The third kappa shape index (κ3) is 2.94. The predicted molar refractivity (Wildman–Crippen MR) is 59.5 cm³/mol. The van der Waals surface area contributed by atoms with Gasteiger partial charge in [-0.25, -0.2) is 0 Å². The first-order valence-corrected chi connectivity index (χ1v) is 6.00. The van der Waals surface area contributed by atoms with Gasteiger partial charge in [0.1, 0.15) is 0 Å². The normalized spacial score (nSPS) is 31.9. The van der Waals surface area contributed by atoms with E-state index < -0.39 is 0 Å². The molecule has 2 N–H and O–H groups in total. The number of hydrogen-bond acceptors (Lipinski definition) is 3. The van der Waals surface area contributed by atoms with E-state index in [1.807, 2.05) is 0 Å². The van der Waals surface area contributed by atoms with Gasteiger partial charge in [0.2, 0.25) is 0 Å². The highest BCUT2D eigenvalue weighted by atomic mass is 15.1. The molecule has 0 aliphatic carbocycles. The summed E-state index contributed by atoms with van der Waals surface area (Å²) in [4.78, 5) is 2.43. The lowest BCUT2D eigenvalue weighted by Gasteiger charge is -2.34. The zero-order valence-electron chi connectivity index (χ0n) is 9.26. The summed E-state index contributed by atoms with van der Waals surface area (Å²) in [5.41, 5.74) is 0. The van der Waals surface area contributed by atoms with E-state index in [1.165, 1.54) is 51.9 Å². The highest BCUT2D eigenvalue weighted by molar-refractivity contribution is 4.82. The van der Waals surface area contributed by atoms with E-state index in [1.54, 1.807) is 0 Å². The molecule has 3 heteroatoms. The van der Waals surface area contributed by atoms with Crippen LogP contribution in [0.25, 0.3) is 0 Å². The topological polar surface area (TPSA) is 27.3 Å². The third-order valence-electron chi connectivity index (χ3n) is 3.49. The summed E-state index contributed by atoms with van der Waals surface area (Å²) in [5.74, 6) is 0. The maximum atomic E-state index is 3.79. The maximum Gasteiger partial charge on any atom is 0.0195 e. The van der Waals surface area contributed by atoms with E-state index in [0.717, 1.165) is 12.1 Å². The van der Waals surface area contributed by atoms with Crippen LogP contribution < -0.4 is 10.6 Å². The summed E-state index contributed by atoms with van der Waals surface area (Å²) < 4.78 is 0. The van der Waals surface area contributed by atoms with Crippen LogP contribution in [0.1, 0.15) is 25.7 Å². The average Bonchev–Trinajstić information content (AvgIpc) is 2.23. The smallest absolute Gasteiger partial charge is 0.0195 e. The quantitative estimate of drug-likeness (QED) is 0.672. The van der Waals surface area contributed by atoms with Crippen molar-refractivity contribution in [3.63, 3.8) is 0 Å². The summed E-state index contributed by atoms with van der Waals surface area (Å²) in [6.07, 6.45) is 5.35. The summed E-state index contributed by atoms with van der Waals surface area (Å²) in [7, 11) is 2.22. The summed E-state index contributed by atoms with van der Waals surface area (Å²) in [6, 6.07) is 1.51. The van der Waals surface area contributed by atoms with E-state index in [2.05, 4.69) is 22.6 Å². The van der Waals surface area contributed by atoms with Crippen molar-refractivity contribution in [2.75, 3.05) is 33.2 Å². The van der Waals surface area contributed by atoms with Crippen molar-refractivity contribution in [1.82, 2.24) is 15.5 Å². The third-order valence-corrected chi connectivity index (χ3v) is 3.49. The molecule has 14 heavy (non-hydrogen) atoms. The summed E-state index contributed by atoms with van der Waals surface area (Å²) in [6.45, 7) is 4.91. The van der Waals surface area contributed by atoms with Crippen LogP contribution in [0.5, 0.6) is 0 Å². The van der Waals surface area contributed by atoms with Crippen LogP contribution in [0.4, 0.5) is 0 Å². The van der Waals surface area contributed by atoms with Crippen molar-refractivity contribution in [3.8, 4) is 0 Å². The van der Waals surface area contributed by atoms with E-state index in [0.29, 0.717) is 0 Å². The molecule has 0 aromatic rings. The Hall–Kier alpha value is -0.120. The molecule has 2 heterocycles. The molecule has 0 radical (unpaired) electrons. The molecule has 0 spiro atoms. The minimum atomic E-state index is 0.733. The molecule has 2 fully saturated rings. The number of rotatable bonds is 2. The molecule has 2 saturated heterocycles. The molecule has 2 aliphatic rings. The number of nitrogens with zero attached hydrogens (tertiary/aromatic N) is 1. The predicted octanol–water partition coefficient (Wildman–Crippen LogP) is 0.422. The lowest BCUT2D eigenvalue weighted by molar-refractivity contribution is 0.216. The second-order valence-electron chi connectivity index (χ2n) is 4.79. The fourth-order valence-electron chi connectivity index (χ4n) is 2.50. The Morgan fingerprint density at radius 1 is 1.14 bits per heavy atom. The SMILES string of the molecule is CN1CCC(NC2CCCNC2)CC1. The Labute approximate surface area is 87.2 Å². The Bertz CT molecular complexity index is 158. The lowest BCUT2D eigenvalue weighted by Crippen LogP contribution is -2.50. The Morgan fingerprint density at radius 3 is 2.57 bits per heavy atom. The van der Waals surface area contributed by atoms with Gasteiger partial charge >= 0.3 is 0 Å². The van der Waals surface area contributed by atoms with Crippen LogP contribution in [-0.2, 0) is 0 Å². The van der Waals surface area contributed by atoms with Gasteiger partial charge in [0.25, 0.3) is 0 Å². The molecule has 2 rings (SSSR count). The first-order chi connectivity index (χ1) is 6.84. The first kappa shape index (κ1) is 10.4. The minimum absolute atomic E-state index is 0.733. The van der Waals surface area contributed by atoms with Crippen molar-refractivity contribution < 1.29 is 0 Å². The second-order valence-corrected chi connectivity index (χ2v) is 4.79. The molecule has 0 saturated carbocycles. The monoisotopic (exact) mass is 197 g/mol. The lowest BCUT2D eigenvalue weighted by atomic mass is 10.0. The summed E-state index contributed by atoms with van der Waals surface area (Å²) in [5, 5.41) is 7.25. The van der Waals surface area contributed by atoms with Crippen LogP contribution in [0, 0.1) is 0 Å². The molecule has 1 unspecified atom stereocenters. The molecule has 0 aromatic heterocycles. The first-order valence-electron chi connectivity index (χ1n) is 6.00. The molecule has 3 nitrogen and oxygen atoms in total. The van der Waals surface area contributed by atoms with Crippen LogP contribution in [0.3, 0.4) is 0 Å². The van der Waals surface area contributed by atoms with Gasteiger partial charge in [0.15, 0.2) is 0 Å². The van der Waals surface area contributed by atoms with Crippen molar-refractivity contribution in [2.24, 2.45) is 0 Å². The van der Waals surface area contributed by atoms with Gasteiger partial charge in [-0.2, -0.15) is 0 Å². The van der Waals surface area contributed by atoms with Crippen LogP contribution in [0.15, 0.2) is 0 Å². The van der Waals surface area contributed by atoms with E-state index in [9.17, 15) is 0 Å². The number of hydrogen-bond donors (Lipinski definition) is 2. The minimum Gasteiger partial charge on any atom is -0.315 e. The largest absolute Gasteiger partial charge is 0.315 e. The molecule has 1 atom stereocenters. The molecular formula is C11H23N3. The average molecular weight is 197 g/mol. The highest BCUT2D eigenvalue weighted by Crippen LogP contribution is 2.11. The molecule has 0 amide bonds. The van der Waals surface area contributed by atoms with E-state index in [4.69, 9.17) is 0 Å². The Balaban J connectivity index is 1.68. The Kier molecular flexibility index (Phi) is 3.79. The van der Waals surface area contributed by atoms with Crippen LogP contribution in [-0.4, -0.2) is 50.2 Å². The Morgan fingerprint density at radius 2 is 1.93 bits per heavy atom. The maximum absolute atomic E-state index is 3.79. The van der Waals surface area contributed by atoms with Crippen molar-refractivity contribution >= 4 is 0 Å². The standard InChI is InChI=1S/C11H23N3/c1-14-7-4-10(5-8-14)13-11-3-2-6-12-9-11/h10-13H,2-9H2,1H3. The van der Waals surface area contributed by atoms with Gasteiger partial charge in [-0.3, -0.25) is 0 Å². The van der Waals surface area contributed by atoms with Gasteiger partial charge < -0.3 is 15.5 Å². The molecule has 0 bridgehead atoms. The van der Waals surface area contributed by atoms with E-state index in [-0.39, 0.29) is 0 Å². The van der Waals surface area contributed by atoms with Crippen LogP contribution in [0.2, 0.25) is 0 Å². The fraction of sp³-hybridized carbons (Fsp3) is 1.00. The zero-order chi connectivity index (χ0) is 9.80. The summed E-state index contributed by atoms with van der Waals surface area (Å²) >= 11 is 0. The fourth-order valence-corrected chi connectivity index (χ4v) is 2.50. The van der Waals surface area contributed by atoms with Crippen LogP contribution >= 0.6 is 0 Å². The van der Waals surface area contributed by atoms with Gasteiger partial charge in [0.05, 0.1) is 0 Å². The highest BCUT2D eigenvalue weighted by Gasteiger charge is 2.20. The number of nitrogens with one attached hydrogen (secondary N) is 2. The van der Waals surface area contributed by atoms with Crippen molar-refractivity contribution in [1.29, 1.82) is 0 Å². The van der Waals surface area contributed by atoms with Gasteiger partial charge in [0, 0.05) is 18.6 Å². The van der Waals surface area contributed by atoms with Gasteiger partial charge in [-0.15, -0.1) is 0 Å². The molecule has 2 aliphatic heterocycles. The van der Waals surface area contributed by atoms with Crippen molar-refractivity contribution in [2.45, 2.75) is 37.8 Å². The molecule has 0 aromatic carbocycles. The van der Waals surface area contributed by atoms with Gasteiger partial charge in [-0.05, 0) is 52.4 Å². The number of piperidine rings is 2. The van der Waals surface area contributed by atoms with Crippen molar-refractivity contribution in [3.05, 3.63) is 0 Å². The molecular weight excluding hydrogens is 174 g/mol. The van der Waals surface area contributed by atoms with E-state index >= 15 is 0 Å². The zero-order valence-corrected chi connectivity index (χ0v) is 9.26. The molecule has 82 valence electrons. The number of likely N-dealkylation sites (tertiary alicyclic amines) is 1. The van der Waals surface area contributed by atoms with Gasteiger partial charge in [-0.1, -0.05) is 0 Å².